The Bertz CT molecular complexity index is 452. The van der Waals surface area contributed by atoms with Crippen LogP contribution < -0.4 is 10.2 Å². The molecule has 98 valence electrons. The molecular weight excluding hydrogens is 238 g/mol. The molecule has 1 aromatic rings. The third-order valence-electron chi connectivity index (χ3n) is 3.04. The normalized spacial score (nSPS) is 19.8. The highest BCUT2D eigenvalue weighted by molar-refractivity contribution is 5.62. The second-order valence-corrected chi connectivity index (χ2v) is 4.16. The summed E-state index contributed by atoms with van der Waals surface area (Å²) in [4.78, 5) is 11.9. The number of benzene rings is 1. The first-order valence-corrected chi connectivity index (χ1v) is 5.69. The zero-order valence-electron chi connectivity index (χ0n) is 9.74. The van der Waals surface area contributed by atoms with Crippen LogP contribution in [0.5, 0.6) is 5.75 Å². The standard InChI is InChI=1S/C11H15N3O4/c15-7-9-6-12-3-4-13(9)10-2-1-8(14(17)18)5-11(10)16/h1-2,5,9,12,15-16H,3-4,6-7H2/t9-/m1/s1. The first kappa shape index (κ1) is 12.6. The molecule has 1 aliphatic rings. The first-order valence-electron chi connectivity index (χ1n) is 5.69. The highest BCUT2D eigenvalue weighted by atomic mass is 16.6. The predicted octanol–water partition coefficient (Wildman–Crippen LogP) is 0.0709. The summed E-state index contributed by atoms with van der Waals surface area (Å²) >= 11 is 0. The third kappa shape index (κ3) is 2.36. The van der Waals surface area contributed by atoms with E-state index in [2.05, 4.69) is 5.32 Å². The number of hydrogen-bond acceptors (Lipinski definition) is 6. The van der Waals surface area contributed by atoms with Crippen LogP contribution in [0.3, 0.4) is 0 Å². The molecule has 7 nitrogen and oxygen atoms in total. The number of aliphatic hydroxyl groups excluding tert-OH is 1. The van der Waals surface area contributed by atoms with Crippen LogP contribution in [0, 0.1) is 10.1 Å². The Morgan fingerprint density at radius 1 is 1.56 bits per heavy atom. The van der Waals surface area contributed by atoms with Crippen molar-refractivity contribution in [3.63, 3.8) is 0 Å². The van der Waals surface area contributed by atoms with Crippen LogP contribution in [0.15, 0.2) is 18.2 Å². The van der Waals surface area contributed by atoms with Gasteiger partial charge in [0.25, 0.3) is 5.69 Å². The fourth-order valence-corrected chi connectivity index (χ4v) is 2.11. The van der Waals surface area contributed by atoms with Crippen LogP contribution in [0.2, 0.25) is 0 Å². The summed E-state index contributed by atoms with van der Waals surface area (Å²) in [5, 5.41) is 32.9. The molecule has 0 spiro atoms. The number of nitro benzene ring substituents is 1. The van der Waals surface area contributed by atoms with E-state index in [1.54, 1.807) is 0 Å². The molecule has 1 atom stereocenters. The lowest BCUT2D eigenvalue weighted by atomic mass is 10.1. The summed E-state index contributed by atoms with van der Waals surface area (Å²) in [5.41, 5.74) is 0.369. The van der Waals surface area contributed by atoms with Gasteiger partial charge in [0.15, 0.2) is 0 Å². The summed E-state index contributed by atoms with van der Waals surface area (Å²) in [5.74, 6) is -0.135. The van der Waals surface area contributed by atoms with Gasteiger partial charge in [-0.05, 0) is 6.07 Å². The first-order chi connectivity index (χ1) is 8.63. The van der Waals surface area contributed by atoms with Gasteiger partial charge in [0.05, 0.1) is 29.3 Å². The van der Waals surface area contributed by atoms with Crippen LogP contribution in [-0.4, -0.2) is 47.4 Å². The molecule has 0 radical (unpaired) electrons. The topological polar surface area (TPSA) is 98.9 Å². The van der Waals surface area contributed by atoms with Crippen molar-refractivity contribution in [2.45, 2.75) is 6.04 Å². The molecule has 0 aromatic heterocycles. The van der Waals surface area contributed by atoms with Crippen molar-refractivity contribution in [2.24, 2.45) is 0 Å². The Labute approximate surface area is 104 Å². The van der Waals surface area contributed by atoms with E-state index in [4.69, 9.17) is 0 Å². The van der Waals surface area contributed by atoms with Crippen molar-refractivity contribution in [1.82, 2.24) is 5.32 Å². The van der Waals surface area contributed by atoms with Crippen LogP contribution in [0.4, 0.5) is 11.4 Å². The second kappa shape index (κ2) is 5.19. The van der Waals surface area contributed by atoms with Crippen molar-refractivity contribution < 1.29 is 15.1 Å². The van der Waals surface area contributed by atoms with Crippen LogP contribution in [0.25, 0.3) is 0 Å². The van der Waals surface area contributed by atoms with E-state index < -0.39 is 4.92 Å². The number of anilines is 1. The number of aliphatic hydroxyl groups is 1. The number of non-ortho nitro benzene ring substituents is 1. The maximum atomic E-state index is 10.6. The van der Waals surface area contributed by atoms with Gasteiger partial charge in [0.2, 0.25) is 0 Å². The zero-order chi connectivity index (χ0) is 13.1. The minimum absolute atomic E-state index is 0.0383. The lowest BCUT2D eigenvalue weighted by Gasteiger charge is -2.37. The van der Waals surface area contributed by atoms with Crippen molar-refractivity contribution in [3.05, 3.63) is 28.3 Å². The summed E-state index contributed by atoms with van der Waals surface area (Å²) in [7, 11) is 0. The molecular formula is C11H15N3O4. The maximum absolute atomic E-state index is 10.6. The lowest BCUT2D eigenvalue weighted by molar-refractivity contribution is -0.384. The Kier molecular flexibility index (Phi) is 3.63. The van der Waals surface area contributed by atoms with Crippen molar-refractivity contribution in [1.29, 1.82) is 0 Å². The minimum atomic E-state index is -0.551. The molecule has 2 rings (SSSR count). The van der Waals surface area contributed by atoms with Gasteiger partial charge in [-0.25, -0.2) is 0 Å². The van der Waals surface area contributed by atoms with E-state index in [0.29, 0.717) is 18.8 Å². The van der Waals surface area contributed by atoms with Gasteiger partial charge in [-0.3, -0.25) is 10.1 Å². The number of hydrogen-bond donors (Lipinski definition) is 3. The van der Waals surface area contributed by atoms with Crippen molar-refractivity contribution in [3.8, 4) is 5.75 Å². The van der Waals surface area contributed by atoms with Crippen LogP contribution in [-0.2, 0) is 0 Å². The molecule has 0 unspecified atom stereocenters. The largest absolute Gasteiger partial charge is 0.506 e. The Hall–Kier alpha value is -1.86. The molecule has 1 saturated heterocycles. The van der Waals surface area contributed by atoms with Gasteiger partial charge < -0.3 is 20.4 Å². The molecule has 18 heavy (non-hydrogen) atoms. The summed E-state index contributed by atoms with van der Waals surface area (Å²) in [6.07, 6.45) is 0. The molecule has 7 heteroatoms. The molecule has 0 bridgehead atoms. The number of piperazine rings is 1. The van der Waals surface area contributed by atoms with Crippen molar-refractivity contribution in [2.75, 3.05) is 31.1 Å². The Morgan fingerprint density at radius 2 is 2.33 bits per heavy atom. The van der Waals surface area contributed by atoms with Gasteiger partial charge in [0.1, 0.15) is 5.75 Å². The zero-order valence-corrected chi connectivity index (χ0v) is 9.74. The maximum Gasteiger partial charge on any atom is 0.273 e. The number of nitrogens with zero attached hydrogens (tertiary/aromatic N) is 2. The summed E-state index contributed by atoms with van der Waals surface area (Å²) < 4.78 is 0. The third-order valence-corrected chi connectivity index (χ3v) is 3.04. The van der Waals surface area contributed by atoms with Gasteiger partial charge >= 0.3 is 0 Å². The monoisotopic (exact) mass is 253 g/mol. The van der Waals surface area contributed by atoms with Gasteiger partial charge in [-0.1, -0.05) is 0 Å². The van der Waals surface area contributed by atoms with E-state index in [9.17, 15) is 20.3 Å². The lowest BCUT2D eigenvalue weighted by Crippen LogP contribution is -2.53. The van der Waals surface area contributed by atoms with E-state index in [1.807, 2.05) is 4.90 Å². The quantitative estimate of drug-likeness (QED) is 0.521. The van der Waals surface area contributed by atoms with Gasteiger partial charge in [-0.15, -0.1) is 0 Å². The number of aromatic hydroxyl groups is 1. The molecule has 3 N–H and O–H groups in total. The fourth-order valence-electron chi connectivity index (χ4n) is 2.11. The Balaban J connectivity index is 2.29. The molecule has 0 amide bonds. The second-order valence-electron chi connectivity index (χ2n) is 4.16. The molecule has 1 heterocycles. The molecule has 1 fully saturated rings. The van der Waals surface area contributed by atoms with Crippen molar-refractivity contribution >= 4 is 11.4 Å². The fraction of sp³-hybridized carbons (Fsp3) is 0.455. The van der Waals surface area contributed by atoms with Gasteiger partial charge in [0, 0.05) is 25.7 Å². The number of nitrogens with one attached hydrogen (secondary N) is 1. The van der Waals surface area contributed by atoms with E-state index in [1.165, 1.54) is 12.1 Å². The number of phenolic OH excluding ortho intramolecular Hbond substituents is 1. The predicted molar refractivity (Wildman–Crippen MR) is 65.9 cm³/mol. The van der Waals surface area contributed by atoms with Gasteiger partial charge in [-0.2, -0.15) is 0 Å². The Morgan fingerprint density at radius 3 is 2.94 bits per heavy atom. The van der Waals surface area contributed by atoms with E-state index in [-0.39, 0.29) is 24.1 Å². The average Bonchev–Trinajstić information content (AvgIpc) is 2.38. The highest BCUT2D eigenvalue weighted by Crippen LogP contribution is 2.32. The summed E-state index contributed by atoms with van der Waals surface area (Å²) in [6, 6.07) is 3.87. The van der Waals surface area contributed by atoms with E-state index in [0.717, 1.165) is 12.6 Å². The molecule has 0 saturated carbocycles. The van der Waals surface area contributed by atoms with E-state index >= 15 is 0 Å². The smallest absolute Gasteiger partial charge is 0.273 e. The molecule has 1 aromatic carbocycles. The highest BCUT2D eigenvalue weighted by Gasteiger charge is 2.24. The van der Waals surface area contributed by atoms with Crippen LogP contribution in [0.1, 0.15) is 0 Å². The number of phenols is 1. The SMILES string of the molecule is O=[N+]([O-])c1ccc(N2CCNC[C@@H]2CO)c(O)c1. The van der Waals surface area contributed by atoms with Crippen LogP contribution >= 0.6 is 0 Å². The number of nitro groups is 1. The molecule has 0 aliphatic carbocycles. The number of rotatable bonds is 3. The molecule has 1 aliphatic heterocycles. The minimum Gasteiger partial charge on any atom is -0.506 e. The summed E-state index contributed by atoms with van der Waals surface area (Å²) in [6.45, 7) is 1.96. The average molecular weight is 253 g/mol.